The number of unbranched alkanes of at least 4 members (excludes halogenated alkanes) is 14. The lowest BCUT2D eigenvalue weighted by Crippen LogP contribution is -2.36. The van der Waals surface area contributed by atoms with Crippen molar-refractivity contribution in [2.24, 2.45) is 23.7 Å². The molecule has 0 aromatic rings. The fourth-order valence-electron chi connectivity index (χ4n) is 9.73. The van der Waals surface area contributed by atoms with Crippen molar-refractivity contribution in [3.63, 3.8) is 0 Å². The molecule has 0 aromatic carbocycles. The van der Waals surface area contributed by atoms with Gasteiger partial charge in [-0.25, -0.2) is 0 Å². The van der Waals surface area contributed by atoms with Gasteiger partial charge >= 0.3 is 29.8 Å². The standard InChI is InChI=1S/C60H103NO10/c1-6-10-14-15-16-17-18-19-20-21-22-23-24-25-26-30-34-53(70-58(64)38-32-31-33-50(48-68-56(62)36-28-12-8-3)49-69-57(63)37-29-13-9-4)43-46-67-59(65)47-52-39-40-55(54(52)35-27-11-7-2)71-60(66)51-41-44-61(5)45-42-51/h11,16-17,19-20,27,50-55H,6-10,12-15,18,21-26,28-49H2,1-5H3/b17-16-,20-19-,27-11-. The molecule has 0 radical (unpaired) electrons. The van der Waals surface area contributed by atoms with Gasteiger partial charge < -0.3 is 28.6 Å². The van der Waals surface area contributed by atoms with Crippen LogP contribution in [0.4, 0.5) is 0 Å². The van der Waals surface area contributed by atoms with Crippen molar-refractivity contribution in [1.29, 1.82) is 0 Å². The van der Waals surface area contributed by atoms with Crippen molar-refractivity contribution in [2.45, 2.75) is 252 Å². The van der Waals surface area contributed by atoms with Gasteiger partial charge in [0.2, 0.25) is 0 Å². The van der Waals surface area contributed by atoms with Gasteiger partial charge in [-0.1, -0.05) is 135 Å². The summed E-state index contributed by atoms with van der Waals surface area (Å²) in [6.07, 6.45) is 41.7. The van der Waals surface area contributed by atoms with Crippen LogP contribution >= 0.6 is 0 Å². The largest absolute Gasteiger partial charge is 0.466 e. The monoisotopic (exact) mass is 998 g/mol. The van der Waals surface area contributed by atoms with Crippen LogP contribution in [0.3, 0.4) is 0 Å². The van der Waals surface area contributed by atoms with E-state index in [1.807, 2.05) is 0 Å². The van der Waals surface area contributed by atoms with E-state index in [2.05, 4.69) is 76.1 Å². The van der Waals surface area contributed by atoms with Crippen LogP contribution in [-0.4, -0.2) is 86.9 Å². The zero-order valence-corrected chi connectivity index (χ0v) is 45.8. The summed E-state index contributed by atoms with van der Waals surface area (Å²) in [5.41, 5.74) is 0. The highest BCUT2D eigenvalue weighted by atomic mass is 16.6. The lowest BCUT2D eigenvalue weighted by atomic mass is 9.88. The molecule has 1 aliphatic carbocycles. The minimum atomic E-state index is -0.352. The summed E-state index contributed by atoms with van der Waals surface area (Å²) in [7, 11) is 2.09. The first-order valence-corrected chi connectivity index (χ1v) is 29.1. The zero-order valence-electron chi connectivity index (χ0n) is 45.8. The summed E-state index contributed by atoms with van der Waals surface area (Å²) >= 11 is 0. The molecule has 11 nitrogen and oxygen atoms in total. The predicted molar refractivity (Wildman–Crippen MR) is 287 cm³/mol. The van der Waals surface area contributed by atoms with Gasteiger partial charge in [0.15, 0.2) is 0 Å². The van der Waals surface area contributed by atoms with Gasteiger partial charge in [0, 0.05) is 43.9 Å². The van der Waals surface area contributed by atoms with Gasteiger partial charge in [0.05, 0.1) is 25.7 Å². The van der Waals surface area contributed by atoms with E-state index in [1.165, 1.54) is 44.9 Å². The number of likely N-dealkylation sites (tertiary alicyclic amines) is 1. The SMILES string of the molecule is CC/C=C\CC1C(CC(=O)OCCC(CCCCCCCC/C=C\C/C=C\CCCCC)OC(=O)CCCCC(COC(=O)CCCCC)COC(=O)CCCCC)CCC1OC(=O)C1CCN(C)CC1. The molecule has 1 aliphatic heterocycles. The average Bonchev–Trinajstić information content (AvgIpc) is 3.72. The van der Waals surface area contributed by atoms with Gasteiger partial charge in [-0.05, 0) is 135 Å². The van der Waals surface area contributed by atoms with Gasteiger partial charge in [-0.15, -0.1) is 0 Å². The van der Waals surface area contributed by atoms with Crippen LogP contribution in [0.5, 0.6) is 0 Å². The Kier molecular flexibility index (Phi) is 38.5. The number of rotatable bonds is 43. The Morgan fingerprint density at radius 1 is 0.549 bits per heavy atom. The number of piperidine rings is 1. The van der Waals surface area contributed by atoms with Crippen LogP contribution in [0.1, 0.15) is 240 Å². The molecule has 0 bridgehead atoms. The Balaban J connectivity index is 1.92. The minimum absolute atomic E-state index is 0.0581. The van der Waals surface area contributed by atoms with Crippen molar-refractivity contribution in [3.05, 3.63) is 36.5 Å². The summed E-state index contributed by atoms with van der Waals surface area (Å²) in [5.74, 6) is -1.12. The van der Waals surface area contributed by atoms with Crippen LogP contribution in [0.25, 0.3) is 0 Å². The first kappa shape index (κ1) is 63.6. The lowest BCUT2D eigenvalue weighted by molar-refractivity contribution is -0.158. The molecule has 0 amide bonds. The molecule has 1 saturated carbocycles. The number of hydrogen-bond donors (Lipinski definition) is 0. The summed E-state index contributed by atoms with van der Waals surface area (Å²) in [6.45, 7) is 10.9. The highest BCUT2D eigenvalue weighted by Crippen LogP contribution is 2.40. The van der Waals surface area contributed by atoms with Crippen LogP contribution < -0.4 is 0 Å². The Labute approximate surface area is 432 Å². The molecule has 2 aliphatic rings. The van der Waals surface area contributed by atoms with E-state index in [9.17, 15) is 24.0 Å². The van der Waals surface area contributed by atoms with E-state index in [1.54, 1.807) is 0 Å². The van der Waals surface area contributed by atoms with Crippen LogP contribution in [-0.2, 0) is 47.7 Å². The van der Waals surface area contributed by atoms with Gasteiger partial charge in [-0.2, -0.15) is 0 Å². The Bertz CT molecular complexity index is 1460. The van der Waals surface area contributed by atoms with E-state index >= 15 is 0 Å². The first-order chi connectivity index (χ1) is 34.6. The smallest absolute Gasteiger partial charge is 0.309 e. The number of carbonyl (C=O) groups is 5. The fourth-order valence-corrected chi connectivity index (χ4v) is 9.73. The molecule has 0 N–H and O–H groups in total. The number of nitrogens with zero attached hydrogens (tertiary/aromatic N) is 1. The molecule has 0 spiro atoms. The number of hydrogen-bond acceptors (Lipinski definition) is 11. The predicted octanol–water partition coefficient (Wildman–Crippen LogP) is 14.5. The maximum absolute atomic E-state index is 13.4. The van der Waals surface area contributed by atoms with Crippen molar-refractivity contribution in [1.82, 2.24) is 4.90 Å². The summed E-state index contributed by atoms with van der Waals surface area (Å²) in [6, 6.07) is 0. The van der Waals surface area contributed by atoms with Crippen molar-refractivity contribution >= 4 is 29.8 Å². The summed E-state index contributed by atoms with van der Waals surface area (Å²) < 4.78 is 29.3. The van der Waals surface area contributed by atoms with E-state index in [-0.39, 0.29) is 98.4 Å². The molecular formula is C60H103NO10. The van der Waals surface area contributed by atoms with Crippen molar-refractivity contribution < 1.29 is 47.7 Å². The molecule has 2 rings (SSSR count). The van der Waals surface area contributed by atoms with E-state index < -0.39 is 0 Å². The molecular weight excluding hydrogens is 895 g/mol. The van der Waals surface area contributed by atoms with Gasteiger partial charge in [0.1, 0.15) is 12.2 Å². The van der Waals surface area contributed by atoms with Crippen LogP contribution in [0.2, 0.25) is 0 Å². The number of ether oxygens (including phenoxy) is 5. The van der Waals surface area contributed by atoms with Gasteiger partial charge in [0.25, 0.3) is 0 Å². The second-order valence-electron chi connectivity index (χ2n) is 20.8. The van der Waals surface area contributed by atoms with E-state index in [0.29, 0.717) is 44.9 Å². The fraction of sp³-hybridized carbons (Fsp3) is 0.817. The van der Waals surface area contributed by atoms with Gasteiger partial charge in [-0.3, -0.25) is 24.0 Å². The third-order valence-electron chi connectivity index (χ3n) is 14.4. The highest BCUT2D eigenvalue weighted by molar-refractivity contribution is 5.73. The average molecular weight is 998 g/mol. The Morgan fingerprint density at radius 2 is 1.11 bits per heavy atom. The number of carbonyl (C=O) groups excluding carboxylic acids is 5. The number of allylic oxidation sites excluding steroid dienone is 6. The maximum Gasteiger partial charge on any atom is 0.309 e. The zero-order chi connectivity index (χ0) is 51.6. The highest BCUT2D eigenvalue weighted by Gasteiger charge is 2.40. The van der Waals surface area contributed by atoms with E-state index in [0.717, 1.165) is 122 Å². The van der Waals surface area contributed by atoms with Crippen LogP contribution in [0.15, 0.2) is 36.5 Å². The number of esters is 5. The maximum atomic E-state index is 13.4. The molecule has 11 heteroatoms. The molecule has 1 heterocycles. The van der Waals surface area contributed by atoms with Crippen molar-refractivity contribution in [2.75, 3.05) is 40.0 Å². The van der Waals surface area contributed by atoms with E-state index in [4.69, 9.17) is 23.7 Å². The Hall–Kier alpha value is -3.47. The molecule has 4 unspecified atom stereocenters. The first-order valence-electron chi connectivity index (χ1n) is 29.1. The summed E-state index contributed by atoms with van der Waals surface area (Å²) in [5, 5.41) is 0. The topological polar surface area (TPSA) is 135 Å². The Morgan fingerprint density at radius 3 is 1.75 bits per heavy atom. The second-order valence-corrected chi connectivity index (χ2v) is 20.8. The molecule has 1 saturated heterocycles. The lowest BCUT2D eigenvalue weighted by Gasteiger charge is -2.30. The normalized spacial score (nSPS) is 18.2. The third kappa shape index (κ3) is 33.1. The third-order valence-corrected chi connectivity index (χ3v) is 14.4. The molecule has 71 heavy (non-hydrogen) atoms. The molecule has 0 aromatic heterocycles. The second kappa shape index (κ2) is 43.0. The molecule has 408 valence electrons. The molecule has 4 atom stereocenters. The van der Waals surface area contributed by atoms with Crippen molar-refractivity contribution in [3.8, 4) is 0 Å². The minimum Gasteiger partial charge on any atom is -0.466 e. The summed E-state index contributed by atoms with van der Waals surface area (Å²) in [4.78, 5) is 67.0. The molecule has 2 fully saturated rings. The quantitative estimate of drug-likeness (QED) is 0.0250. The van der Waals surface area contributed by atoms with Crippen LogP contribution in [0, 0.1) is 23.7 Å².